The molecule has 0 bridgehead atoms. The molecule has 0 aliphatic heterocycles. The van der Waals surface area contributed by atoms with Crippen LogP contribution in [0.1, 0.15) is 131 Å². The van der Waals surface area contributed by atoms with Crippen LogP contribution in [0.25, 0.3) is 34.4 Å². The van der Waals surface area contributed by atoms with Crippen LogP contribution in [0.3, 0.4) is 0 Å². The number of rotatable bonds is 5. The SMILES string of the molecule is CC1=Cc2c(cc3c(c2-c2ccc(C(C)(C)C)cc2)CCC3)[CH]1[Zr]([Cl])([Cl])([CH]1C(C)=Cc2c1cc1c(c2-c2ccc(C(C)(C)C)cc2)CCC1)[SiH](C)C. The molecule has 0 nitrogen and oxygen atoms in total. The molecule has 52 heavy (non-hydrogen) atoms. The van der Waals surface area contributed by atoms with Gasteiger partial charge in [-0.2, -0.15) is 0 Å². The predicted molar refractivity (Wildman–Crippen MR) is 229 cm³/mol. The van der Waals surface area contributed by atoms with Gasteiger partial charge in [-0.3, -0.25) is 0 Å². The Kier molecular flexibility index (Phi) is 8.91. The average Bonchev–Trinajstić information content (AvgIpc) is 3.86. The van der Waals surface area contributed by atoms with Crippen molar-refractivity contribution < 1.29 is 15.6 Å². The van der Waals surface area contributed by atoms with E-state index in [-0.39, 0.29) is 18.1 Å². The monoisotopic (exact) mass is 821 g/mol. The van der Waals surface area contributed by atoms with Crippen LogP contribution in [0.4, 0.5) is 0 Å². The average molecular weight is 824 g/mol. The van der Waals surface area contributed by atoms with Crippen LogP contribution in [0.15, 0.2) is 71.8 Å². The van der Waals surface area contributed by atoms with Crippen molar-refractivity contribution in [2.75, 3.05) is 0 Å². The molecule has 4 aliphatic carbocycles. The van der Waals surface area contributed by atoms with E-state index < -0.39 is 21.5 Å². The van der Waals surface area contributed by atoms with Crippen molar-refractivity contribution >= 4 is 35.1 Å². The zero-order valence-corrected chi connectivity index (χ0v) is 38.3. The summed E-state index contributed by atoms with van der Waals surface area (Å²) in [5.74, 6) is -1.63. The molecule has 0 aromatic heterocycles. The number of hydrogen-bond donors (Lipinski definition) is 0. The van der Waals surface area contributed by atoms with Crippen molar-refractivity contribution in [2.24, 2.45) is 0 Å². The van der Waals surface area contributed by atoms with E-state index in [0.717, 1.165) is 25.7 Å². The summed E-state index contributed by atoms with van der Waals surface area (Å²) in [6.45, 7) is 23.5. The molecule has 2 unspecified atom stereocenters. The van der Waals surface area contributed by atoms with Gasteiger partial charge in [0.25, 0.3) is 0 Å². The molecule has 0 heterocycles. The molecule has 0 fully saturated rings. The fourth-order valence-corrected chi connectivity index (χ4v) is 43.6. The number of benzene rings is 4. The van der Waals surface area contributed by atoms with E-state index in [0.29, 0.717) is 0 Å². The second-order valence-electron chi connectivity index (χ2n) is 19.2. The zero-order valence-electron chi connectivity index (χ0n) is 33.2. The van der Waals surface area contributed by atoms with Crippen LogP contribution in [-0.2, 0) is 52.1 Å². The van der Waals surface area contributed by atoms with Crippen LogP contribution in [0.2, 0.25) is 13.1 Å². The first kappa shape index (κ1) is 37.0. The second kappa shape index (κ2) is 12.5. The molecule has 0 N–H and O–H groups in total. The molecule has 8 rings (SSSR count). The number of aryl methyl sites for hydroxylation is 2. The first-order valence-electron chi connectivity index (χ1n) is 19.9. The van der Waals surface area contributed by atoms with Crippen molar-refractivity contribution in [3.8, 4) is 22.3 Å². The van der Waals surface area contributed by atoms with E-state index in [1.54, 1.807) is 11.1 Å². The molecule has 4 aromatic rings. The van der Waals surface area contributed by atoms with Crippen molar-refractivity contribution in [2.45, 2.75) is 125 Å². The van der Waals surface area contributed by atoms with Gasteiger partial charge in [0.15, 0.2) is 0 Å². The third kappa shape index (κ3) is 5.58. The molecule has 271 valence electrons. The first-order chi connectivity index (χ1) is 24.4. The summed E-state index contributed by atoms with van der Waals surface area (Å²) < 4.78 is 0.235. The number of hydrogen-bond acceptors (Lipinski definition) is 0. The molecule has 0 radical (unpaired) electrons. The molecule has 4 aromatic carbocycles. The van der Waals surface area contributed by atoms with Gasteiger partial charge >= 0.3 is 325 Å². The van der Waals surface area contributed by atoms with Crippen molar-refractivity contribution in [3.05, 3.63) is 127 Å². The molecule has 2 atom stereocenters. The number of allylic oxidation sites excluding steroid dienone is 2. The van der Waals surface area contributed by atoms with Gasteiger partial charge in [0.1, 0.15) is 0 Å². The molecular weight excluding hydrogens is 767 g/mol. The van der Waals surface area contributed by atoms with Gasteiger partial charge in [-0.1, -0.05) is 0 Å². The van der Waals surface area contributed by atoms with Crippen molar-refractivity contribution in [1.82, 2.24) is 0 Å². The standard InChI is InChI=1S/2C23H25.C2H7Si.2ClH.Zr/c2*1-15-12-18-14-17-6-5-7-20(17)22(21(18)13-15)16-8-10-19(11-9-16)23(2,3)4;1-3-2;;;/h2*8-14H,5-7H2,1-4H3;3H,1-2H3;2*1H;/q;;;;;+2/p-2. The van der Waals surface area contributed by atoms with Crippen LogP contribution in [0.5, 0.6) is 0 Å². The van der Waals surface area contributed by atoms with E-state index in [1.807, 2.05) is 0 Å². The van der Waals surface area contributed by atoms with E-state index in [1.165, 1.54) is 90.7 Å². The van der Waals surface area contributed by atoms with Gasteiger partial charge in [-0.05, 0) is 0 Å². The van der Waals surface area contributed by atoms with Crippen LogP contribution in [0, 0.1) is 0 Å². The number of fused-ring (bicyclic) bond motifs is 4. The van der Waals surface area contributed by atoms with Gasteiger partial charge in [0.05, 0.1) is 0 Å². The first-order valence-corrected chi connectivity index (χ1v) is 36.2. The summed E-state index contributed by atoms with van der Waals surface area (Å²) in [4.78, 5) is 0. The molecule has 0 amide bonds. The fraction of sp³-hybridized carbons (Fsp3) is 0.417. The summed E-state index contributed by atoms with van der Waals surface area (Å²) in [7, 11) is 17.6. The van der Waals surface area contributed by atoms with Crippen LogP contribution >= 0.6 is 17.0 Å². The van der Waals surface area contributed by atoms with Gasteiger partial charge in [0, 0.05) is 0 Å². The Bertz CT molecular complexity index is 2030. The van der Waals surface area contributed by atoms with Gasteiger partial charge in [-0.15, -0.1) is 0 Å². The van der Waals surface area contributed by atoms with Crippen LogP contribution < -0.4 is 0 Å². The van der Waals surface area contributed by atoms with Crippen molar-refractivity contribution in [1.29, 1.82) is 0 Å². The van der Waals surface area contributed by atoms with E-state index in [2.05, 4.69) is 141 Å². The Morgan fingerprint density at radius 3 is 1.27 bits per heavy atom. The fourth-order valence-electron chi connectivity index (χ4n) is 10.7. The van der Waals surface area contributed by atoms with Crippen LogP contribution in [-0.4, -0.2) is 5.92 Å². The van der Waals surface area contributed by atoms with Gasteiger partial charge in [0.2, 0.25) is 0 Å². The summed E-state index contributed by atoms with van der Waals surface area (Å²) in [6, 6.07) is 24.1. The topological polar surface area (TPSA) is 0 Å². The number of halogens is 2. The summed E-state index contributed by atoms with van der Waals surface area (Å²) in [5.41, 5.74) is 23.2. The Hall–Kier alpha value is -1.96. The Labute approximate surface area is 322 Å². The second-order valence-corrected chi connectivity index (χ2v) is 61.7. The minimum atomic E-state index is -4.84. The molecule has 0 saturated carbocycles. The van der Waals surface area contributed by atoms with Crippen molar-refractivity contribution in [3.63, 3.8) is 0 Å². The summed E-state index contributed by atoms with van der Waals surface area (Å²) in [5, 5.41) is 0. The quantitative estimate of drug-likeness (QED) is 0.176. The Balaban J connectivity index is 1.32. The van der Waals surface area contributed by atoms with Gasteiger partial charge < -0.3 is 0 Å². The molecule has 4 heteroatoms. The zero-order chi connectivity index (χ0) is 37.1. The normalized spacial score (nSPS) is 20.3. The van der Waals surface area contributed by atoms with Gasteiger partial charge in [-0.25, -0.2) is 0 Å². The molecule has 0 spiro atoms. The maximum absolute atomic E-state index is 8.78. The predicted octanol–water partition coefficient (Wildman–Crippen LogP) is 14.2. The Morgan fingerprint density at radius 1 is 0.577 bits per heavy atom. The third-order valence-electron chi connectivity index (χ3n) is 13.5. The van der Waals surface area contributed by atoms with E-state index in [4.69, 9.17) is 17.0 Å². The summed E-state index contributed by atoms with van der Waals surface area (Å²) >= 11 is -4.84. The maximum atomic E-state index is 8.78. The summed E-state index contributed by atoms with van der Waals surface area (Å²) in [6.07, 6.45) is 12.1. The van der Waals surface area contributed by atoms with E-state index in [9.17, 15) is 0 Å². The molecular formula is C48H57Cl2SiZr. The molecule has 0 saturated heterocycles. The minimum absolute atomic E-state index is 0.118. The Morgan fingerprint density at radius 2 is 0.942 bits per heavy atom. The van der Waals surface area contributed by atoms with E-state index >= 15 is 0 Å². The molecule has 4 aliphatic rings. The third-order valence-corrected chi connectivity index (χ3v) is 65.8.